The van der Waals surface area contributed by atoms with Crippen LogP contribution in [0.1, 0.15) is 23.1 Å². The second-order valence-electron chi connectivity index (χ2n) is 7.98. The predicted molar refractivity (Wildman–Crippen MR) is 123 cm³/mol. The highest BCUT2D eigenvalue weighted by Crippen LogP contribution is 2.27. The third-order valence-corrected chi connectivity index (χ3v) is 5.74. The van der Waals surface area contributed by atoms with E-state index in [0.29, 0.717) is 32.8 Å². The zero-order valence-corrected chi connectivity index (χ0v) is 18.4. The molecule has 0 aliphatic carbocycles. The summed E-state index contributed by atoms with van der Waals surface area (Å²) in [6.45, 7) is 1.93. The van der Waals surface area contributed by atoms with Gasteiger partial charge in [-0.25, -0.2) is 0 Å². The molecule has 0 bridgehead atoms. The predicted octanol–water partition coefficient (Wildman–Crippen LogP) is 4.60. The van der Waals surface area contributed by atoms with Crippen molar-refractivity contribution < 1.29 is 19.0 Å². The maximum Gasteiger partial charge on any atom is 0.225 e. The molecule has 3 aromatic rings. The lowest BCUT2D eigenvalue weighted by Crippen LogP contribution is -2.41. The van der Waals surface area contributed by atoms with E-state index in [9.17, 15) is 4.79 Å². The molecule has 3 aromatic carbocycles. The third-order valence-electron chi connectivity index (χ3n) is 5.74. The molecule has 1 aliphatic heterocycles. The van der Waals surface area contributed by atoms with Crippen molar-refractivity contribution in [2.45, 2.75) is 38.3 Å². The normalized spacial score (nSPS) is 18.2. The Morgan fingerprint density at radius 1 is 0.812 bits per heavy atom. The molecule has 1 fully saturated rings. The number of methoxy groups -OCH3 is 1. The first-order valence-corrected chi connectivity index (χ1v) is 10.9. The van der Waals surface area contributed by atoms with Gasteiger partial charge in [-0.05, 0) is 28.8 Å². The fourth-order valence-electron chi connectivity index (χ4n) is 3.96. The van der Waals surface area contributed by atoms with Crippen molar-refractivity contribution in [3.05, 3.63) is 102 Å². The first kappa shape index (κ1) is 22.1. The molecule has 0 N–H and O–H groups in total. The first-order chi connectivity index (χ1) is 15.7. The Morgan fingerprint density at radius 3 is 2.06 bits per heavy atom. The van der Waals surface area contributed by atoms with Gasteiger partial charge >= 0.3 is 0 Å². The molecule has 0 unspecified atom stereocenters. The fourth-order valence-corrected chi connectivity index (χ4v) is 3.96. The molecule has 5 nitrogen and oxygen atoms in total. The molecule has 0 aromatic heterocycles. The number of carbonyl (C=O) groups is 1. The number of rotatable bonds is 10. The van der Waals surface area contributed by atoms with Crippen LogP contribution in [0.25, 0.3) is 0 Å². The highest BCUT2D eigenvalue weighted by atomic mass is 16.5. The highest BCUT2D eigenvalue weighted by Gasteiger charge is 2.40. The van der Waals surface area contributed by atoms with Crippen molar-refractivity contribution in [2.24, 2.45) is 0 Å². The molecule has 5 heteroatoms. The minimum atomic E-state index is -0.211. The van der Waals surface area contributed by atoms with Crippen LogP contribution in [0.15, 0.2) is 84.9 Å². The van der Waals surface area contributed by atoms with Gasteiger partial charge < -0.3 is 19.1 Å². The molecular formula is C27H29NO4. The highest BCUT2D eigenvalue weighted by molar-refractivity contribution is 5.79. The zero-order valence-electron chi connectivity index (χ0n) is 18.4. The van der Waals surface area contributed by atoms with E-state index in [1.807, 2.05) is 89.8 Å². The molecule has 2 atom stereocenters. The SMILES string of the molecule is COc1ccc(CN2C(=O)C[C@H](OCc3ccccc3)[C@H]2COCc2ccccc2)cc1. The van der Waals surface area contributed by atoms with Gasteiger partial charge in [0.2, 0.25) is 5.91 Å². The Bertz CT molecular complexity index is 976. The second-order valence-corrected chi connectivity index (χ2v) is 7.98. The van der Waals surface area contributed by atoms with E-state index >= 15 is 0 Å². The lowest BCUT2D eigenvalue weighted by atomic mass is 10.1. The van der Waals surface area contributed by atoms with Crippen LogP contribution < -0.4 is 4.74 Å². The van der Waals surface area contributed by atoms with E-state index in [4.69, 9.17) is 14.2 Å². The average molecular weight is 432 g/mol. The topological polar surface area (TPSA) is 48.0 Å². The first-order valence-electron chi connectivity index (χ1n) is 10.9. The molecule has 166 valence electrons. The molecule has 1 amide bonds. The van der Waals surface area contributed by atoms with E-state index in [1.165, 1.54) is 0 Å². The molecule has 0 spiro atoms. The van der Waals surface area contributed by atoms with Gasteiger partial charge in [0.15, 0.2) is 0 Å². The Balaban J connectivity index is 1.44. The number of carbonyl (C=O) groups excluding carboxylic acids is 1. The number of nitrogens with zero attached hydrogens (tertiary/aromatic N) is 1. The van der Waals surface area contributed by atoms with Crippen LogP contribution in [0.4, 0.5) is 0 Å². The van der Waals surface area contributed by atoms with Crippen molar-refractivity contribution in [3.63, 3.8) is 0 Å². The molecule has 1 heterocycles. The summed E-state index contributed by atoms with van der Waals surface area (Å²) in [7, 11) is 1.65. The number of hydrogen-bond acceptors (Lipinski definition) is 4. The molecule has 32 heavy (non-hydrogen) atoms. The lowest BCUT2D eigenvalue weighted by Gasteiger charge is -2.28. The van der Waals surface area contributed by atoms with Gasteiger partial charge in [-0.1, -0.05) is 72.8 Å². The van der Waals surface area contributed by atoms with Crippen LogP contribution in [0.2, 0.25) is 0 Å². The van der Waals surface area contributed by atoms with Crippen molar-refractivity contribution in [1.82, 2.24) is 4.90 Å². The Kier molecular flexibility index (Phi) is 7.54. The van der Waals surface area contributed by atoms with Crippen LogP contribution in [0.5, 0.6) is 5.75 Å². The number of benzene rings is 3. The van der Waals surface area contributed by atoms with Gasteiger partial charge in [-0.2, -0.15) is 0 Å². The summed E-state index contributed by atoms with van der Waals surface area (Å²) in [4.78, 5) is 14.8. The van der Waals surface area contributed by atoms with Crippen LogP contribution in [0, 0.1) is 0 Å². The van der Waals surface area contributed by atoms with Crippen molar-refractivity contribution in [2.75, 3.05) is 13.7 Å². The van der Waals surface area contributed by atoms with Gasteiger partial charge in [-0.15, -0.1) is 0 Å². The molecular weight excluding hydrogens is 402 g/mol. The van der Waals surface area contributed by atoms with Crippen LogP contribution in [0.3, 0.4) is 0 Å². The minimum Gasteiger partial charge on any atom is -0.497 e. The number of hydrogen-bond donors (Lipinski definition) is 0. The zero-order chi connectivity index (χ0) is 22.2. The Labute approximate surface area is 189 Å². The third kappa shape index (κ3) is 5.75. The standard InChI is InChI=1S/C27H29NO4/c1-30-24-14-12-21(13-15-24)17-28-25(20-31-18-22-8-4-2-5-9-22)26(16-27(28)29)32-19-23-10-6-3-7-11-23/h2-15,25-26H,16-20H2,1H3/t25-,26+/m1/s1. The van der Waals surface area contributed by atoms with E-state index in [0.717, 1.165) is 22.4 Å². The molecule has 0 radical (unpaired) electrons. The van der Waals surface area contributed by atoms with Crippen molar-refractivity contribution in [1.29, 1.82) is 0 Å². The number of likely N-dealkylation sites (tertiary alicyclic amines) is 1. The average Bonchev–Trinajstić information content (AvgIpc) is 3.13. The summed E-state index contributed by atoms with van der Waals surface area (Å²) in [5.74, 6) is 0.889. The van der Waals surface area contributed by atoms with Gasteiger partial charge in [0.05, 0.1) is 45.5 Å². The summed E-state index contributed by atoms with van der Waals surface area (Å²) >= 11 is 0. The minimum absolute atomic E-state index is 0.0900. The van der Waals surface area contributed by atoms with Crippen molar-refractivity contribution >= 4 is 5.91 Å². The summed E-state index contributed by atoms with van der Waals surface area (Å²) in [6, 6.07) is 27.8. The summed E-state index contributed by atoms with van der Waals surface area (Å²) < 4.78 is 17.5. The lowest BCUT2D eigenvalue weighted by molar-refractivity contribution is -0.130. The molecule has 0 saturated carbocycles. The van der Waals surface area contributed by atoms with Crippen LogP contribution in [-0.4, -0.2) is 36.7 Å². The van der Waals surface area contributed by atoms with Gasteiger partial charge in [0.25, 0.3) is 0 Å². The second kappa shape index (κ2) is 10.9. The molecule has 1 saturated heterocycles. The van der Waals surface area contributed by atoms with Crippen LogP contribution >= 0.6 is 0 Å². The number of ether oxygens (including phenoxy) is 3. The van der Waals surface area contributed by atoms with E-state index in [1.54, 1.807) is 7.11 Å². The maximum atomic E-state index is 12.9. The molecule has 4 rings (SSSR count). The van der Waals surface area contributed by atoms with E-state index in [2.05, 4.69) is 0 Å². The Hall–Kier alpha value is -3.15. The quantitative estimate of drug-likeness (QED) is 0.471. The van der Waals surface area contributed by atoms with E-state index < -0.39 is 0 Å². The Morgan fingerprint density at radius 2 is 1.44 bits per heavy atom. The van der Waals surface area contributed by atoms with Gasteiger partial charge in [0, 0.05) is 6.54 Å². The van der Waals surface area contributed by atoms with Crippen molar-refractivity contribution in [3.8, 4) is 5.75 Å². The fraction of sp³-hybridized carbons (Fsp3) is 0.296. The van der Waals surface area contributed by atoms with E-state index in [-0.39, 0.29) is 18.1 Å². The number of amides is 1. The summed E-state index contributed by atoms with van der Waals surface area (Å²) in [6.07, 6.45) is 0.152. The summed E-state index contributed by atoms with van der Waals surface area (Å²) in [5.41, 5.74) is 3.26. The maximum absolute atomic E-state index is 12.9. The largest absolute Gasteiger partial charge is 0.497 e. The smallest absolute Gasteiger partial charge is 0.225 e. The molecule has 1 aliphatic rings. The monoisotopic (exact) mass is 431 g/mol. The summed E-state index contributed by atoms with van der Waals surface area (Å²) in [5, 5.41) is 0. The van der Waals surface area contributed by atoms with Gasteiger partial charge in [-0.3, -0.25) is 4.79 Å². The van der Waals surface area contributed by atoms with Crippen LogP contribution in [-0.2, 0) is 34.0 Å². The van der Waals surface area contributed by atoms with Gasteiger partial charge in [0.1, 0.15) is 5.75 Å².